The van der Waals surface area contributed by atoms with Gasteiger partial charge in [0.2, 0.25) is 0 Å². The summed E-state index contributed by atoms with van der Waals surface area (Å²) in [6.07, 6.45) is 12.1. The van der Waals surface area contributed by atoms with Crippen LogP contribution in [0.5, 0.6) is 0 Å². The van der Waals surface area contributed by atoms with E-state index in [2.05, 4.69) is 115 Å². The van der Waals surface area contributed by atoms with Gasteiger partial charge in [-0.25, -0.2) is 58.6 Å². The first-order valence-electron chi connectivity index (χ1n) is 47.8. The van der Waals surface area contributed by atoms with Gasteiger partial charge in [0, 0.05) is 133 Å². The Morgan fingerprint density at radius 3 is 0.899 bits per heavy atom. The molecule has 15 aromatic heterocycles. The Kier molecular flexibility index (Phi) is 20.7. The summed E-state index contributed by atoms with van der Waals surface area (Å²) >= 11 is 0. The average Bonchev–Trinajstić information content (AvgIpc) is 1.58. The number of aromatic nitrogens is 20. The highest BCUT2D eigenvalue weighted by Crippen LogP contribution is 2.61. The molecule has 0 aliphatic heterocycles. The van der Waals surface area contributed by atoms with Crippen LogP contribution in [0.15, 0.2) is 54.3 Å². The highest BCUT2D eigenvalue weighted by molar-refractivity contribution is 6.07. The van der Waals surface area contributed by atoms with Crippen LogP contribution in [0, 0.1) is 0 Å². The van der Waals surface area contributed by atoms with Crippen LogP contribution in [0.1, 0.15) is 346 Å². The van der Waals surface area contributed by atoms with E-state index in [1.165, 1.54) is 45.3 Å². The maximum Gasteiger partial charge on any atom is 0.408 e. The molecular formula is C96H102F11N25O6. The van der Waals surface area contributed by atoms with Crippen molar-refractivity contribution in [1.29, 1.82) is 0 Å². The molecule has 27 rings (SSSR count). The van der Waals surface area contributed by atoms with Crippen LogP contribution < -0.4 is 28.7 Å². The number of nitrogens with zero attached hydrogens (tertiary/aromatic N) is 20. The molecule has 8 atom stereocenters. The minimum Gasteiger partial charge on any atom is -0.388 e. The van der Waals surface area contributed by atoms with Crippen molar-refractivity contribution < 1.29 is 76.0 Å². The van der Waals surface area contributed by atoms with Crippen molar-refractivity contribution >= 4 is 84.3 Å². The van der Waals surface area contributed by atoms with Gasteiger partial charge in [-0.15, -0.1) is 0 Å². The number of aliphatic hydroxyl groups excluding tert-OH is 1. The van der Waals surface area contributed by atoms with Crippen molar-refractivity contribution in [2.24, 2.45) is 0 Å². The maximum atomic E-state index is 13.7. The molecular weight excluding hydrogens is 1810 g/mol. The number of halogens is 11. The second-order valence-corrected chi connectivity index (χ2v) is 40.5. The SMILES string of the molecule is CC1(n2c3c(c4c(N)ncnc42)-c2noc(C4CC4)c2C(O)CC3)CC1.CC1CCc2c(c3c(N)ncnc3n2C2CC(F)(F)C2)-c2noc(C3CC3)c21.C[C@@H]1CCc2c(c3c(N)ncnc3n2[C@@H](C)C(F)(F)F)-c2noc(C3CC3)c21.C[C@@H]1CCc2c(c3c(N)ncnc3n2[C@H](C)C(F)(F)F)-c2noc(C3CC3)c21.C[C@H](n1c2c(c3c(N)ncnc31)-c1noc(C3CC3)c1[C@@H](C)CC2)C(F)(F)F. The Bertz CT molecular complexity index is 7000. The first kappa shape index (κ1) is 89.3. The molecule has 724 valence electrons. The van der Waals surface area contributed by atoms with Gasteiger partial charge in [0.25, 0.3) is 5.92 Å². The molecule has 31 nitrogen and oxygen atoms in total. The number of nitrogens with two attached hydrogens (primary N) is 5. The van der Waals surface area contributed by atoms with E-state index in [9.17, 15) is 53.4 Å². The van der Waals surface area contributed by atoms with Crippen molar-refractivity contribution in [2.75, 3.05) is 28.7 Å². The molecule has 7 saturated carbocycles. The average molecular weight is 1910 g/mol. The zero-order valence-corrected chi connectivity index (χ0v) is 76.9. The van der Waals surface area contributed by atoms with Gasteiger partial charge in [0.15, 0.2) is 0 Å². The van der Waals surface area contributed by atoms with E-state index in [0.717, 1.165) is 224 Å². The molecule has 7 fully saturated rings. The molecule has 42 heteroatoms. The highest BCUT2D eigenvalue weighted by atomic mass is 19.4. The van der Waals surface area contributed by atoms with E-state index in [1.807, 2.05) is 4.57 Å². The lowest BCUT2D eigenvalue weighted by Gasteiger charge is -2.37. The number of hydrogen-bond donors (Lipinski definition) is 6. The monoisotopic (exact) mass is 1910 g/mol. The minimum atomic E-state index is -4.41. The second-order valence-electron chi connectivity index (χ2n) is 40.5. The third kappa shape index (κ3) is 14.5. The van der Waals surface area contributed by atoms with Gasteiger partial charge in [0.05, 0.1) is 38.6 Å². The smallest absolute Gasteiger partial charge is 0.388 e. The number of alkyl halides is 11. The lowest BCUT2D eigenvalue weighted by Crippen LogP contribution is -2.37. The van der Waals surface area contributed by atoms with Gasteiger partial charge in [-0.2, -0.15) is 39.5 Å². The zero-order chi connectivity index (χ0) is 96.2. The van der Waals surface area contributed by atoms with E-state index in [1.54, 1.807) is 0 Å². The first-order valence-corrected chi connectivity index (χ1v) is 47.8. The molecule has 2 unspecified atom stereocenters. The third-order valence-electron chi connectivity index (χ3n) is 31.0. The maximum absolute atomic E-state index is 13.7. The highest BCUT2D eigenvalue weighted by Gasteiger charge is 2.53. The molecule has 15 heterocycles. The van der Waals surface area contributed by atoms with Crippen LogP contribution in [0.25, 0.3) is 111 Å². The second kappa shape index (κ2) is 31.9. The molecule has 138 heavy (non-hydrogen) atoms. The largest absolute Gasteiger partial charge is 0.408 e. The molecule has 11 N–H and O–H groups in total. The van der Waals surface area contributed by atoms with Crippen LogP contribution in [-0.4, -0.2) is 128 Å². The fourth-order valence-electron chi connectivity index (χ4n) is 22.7. The molecule has 0 spiro atoms. The van der Waals surface area contributed by atoms with Gasteiger partial charge < -0.3 is 79.2 Å². The fourth-order valence-corrected chi connectivity index (χ4v) is 22.7. The number of aliphatic hydroxyl groups is 1. The summed E-state index contributed by atoms with van der Waals surface area (Å²) in [5, 5.41) is 35.5. The summed E-state index contributed by atoms with van der Waals surface area (Å²) in [6, 6.07) is -5.48. The van der Waals surface area contributed by atoms with Crippen molar-refractivity contribution in [3.8, 4) is 56.3 Å². The van der Waals surface area contributed by atoms with Gasteiger partial charge in [-0.1, -0.05) is 53.5 Å². The molecule has 0 saturated heterocycles. The van der Waals surface area contributed by atoms with E-state index in [-0.39, 0.29) is 76.6 Å². The molecule has 15 aromatic rings. The normalized spacial score (nSPS) is 21.9. The number of nitrogen functional groups attached to an aromatic ring is 5. The topological polar surface area (TPSA) is 434 Å². The number of rotatable bonds is 10. The fraction of sp³-hybridized carbons (Fsp3) is 0.531. The lowest BCUT2D eigenvalue weighted by molar-refractivity contribution is -0.163. The predicted molar refractivity (Wildman–Crippen MR) is 486 cm³/mol. The molecule has 12 aliphatic rings. The predicted octanol–water partition coefficient (Wildman–Crippen LogP) is 21.8. The van der Waals surface area contributed by atoms with E-state index in [4.69, 9.17) is 51.3 Å². The molecule has 0 aromatic carbocycles. The van der Waals surface area contributed by atoms with Gasteiger partial charge in [-0.05, 0) is 193 Å². The van der Waals surface area contributed by atoms with E-state index in [0.29, 0.717) is 165 Å². The standard InChI is InChI=1S/C20H21F2N5O.3C19H20F3N5O.C19H21N5O2/c1-9-2-5-12-14(16-13(9)17(28-26-16)10-3-4-10)15-18(23)24-8-25-19(15)27(12)11-6-20(21,22)7-11;3*1-8-3-6-11-13(15-12(8)16(28-26-15)10-4-5-10)14-17(23)24-7-25-18(14)27(11)9(2)19(20,21)22;1-19(6-7-19)24-10-4-5-11(25)13-15(23-26-16(13)9-2-3-9)12(10)14-17(20)21-8-22-18(14)24/h8-11H,2-7H2,1H3,(H2,23,24,25);3*7-10H,3-6H2,1-2H3,(H2,23,24,25);8-9,11,25H,2-7H2,1H3,(H2,20,21,22)/t;8-,9+;2*8-,9-;/m.110./s1. The van der Waals surface area contributed by atoms with Crippen LogP contribution >= 0.6 is 0 Å². The summed E-state index contributed by atoms with van der Waals surface area (Å²) in [5.41, 5.74) is 48.9. The minimum absolute atomic E-state index is 0.0607. The number of fused-ring (bicyclic) bond motifs is 25. The van der Waals surface area contributed by atoms with E-state index < -0.39 is 48.7 Å². The Balaban J connectivity index is 0.0000000966. The Hall–Kier alpha value is -12.7. The van der Waals surface area contributed by atoms with E-state index >= 15 is 0 Å². The first-order chi connectivity index (χ1) is 65.9. The van der Waals surface area contributed by atoms with Crippen LogP contribution in [-0.2, 0) is 37.6 Å². The Labute approximate surface area is 779 Å². The van der Waals surface area contributed by atoms with Gasteiger partial charge >= 0.3 is 18.5 Å². The molecule has 0 bridgehead atoms. The number of anilines is 5. The summed E-state index contributed by atoms with van der Waals surface area (Å²) in [4.78, 5) is 42.1. The summed E-state index contributed by atoms with van der Waals surface area (Å²) in [7, 11) is 0. The van der Waals surface area contributed by atoms with Crippen molar-refractivity contribution in [3.05, 3.63) is 117 Å². The summed E-state index contributed by atoms with van der Waals surface area (Å²) in [6.45, 7) is 14.1. The zero-order valence-electron chi connectivity index (χ0n) is 76.9. The van der Waals surface area contributed by atoms with Crippen LogP contribution in [0.4, 0.5) is 77.4 Å². The lowest BCUT2D eigenvalue weighted by atomic mass is 9.87. The molecule has 0 amide bonds. The summed E-state index contributed by atoms with van der Waals surface area (Å²) in [5.74, 6) is 5.78. The van der Waals surface area contributed by atoms with Crippen molar-refractivity contribution in [3.63, 3.8) is 0 Å². The van der Waals surface area contributed by atoms with Gasteiger partial charge in [-0.3, -0.25) is 0 Å². The molecule has 0 radical (unpaired) electrons. The van der Waals surface area contributed by atoms with Crippen molar-refractivity contribution in [1.82, 2.24) is 98.5 Å². The summed E-state index contributed by atoms with van der Waals surface area (Å²) < 4.78 is 187. The third-order valence-corrected chi connectivity index (χ3v) is 31.0. The van der Waals surface area contributed by atoms with Gasteiger partial charge in [0.1, 0.15) is 164 Å². The number of hydrogen-bond acceptors (Lipinski definition) is 26. The quantitative estimate of drug-likeness (QED) is 0.0693. The van der Waals surface area contributed by atoms with Crippen LogP contribution in [0.3, 0.4) is 0 Å². The van der Waals surface area contributed by atoms with Crippen LogP contribution in [0.2, 0.25) is 0 Å². The Morgan fingerprint density at radius 2 is 0.601 bits per heavy atom. The molecule has 12 aliphatic carbocycles. The Morgan fingerprint density at radius 1 is 0.348 bits per heavy atom. The van der Waals surface area contributed by atoms with Crippen molar-refractivity contribution in [2.45, 2.75) is 323 Å².